The lowest BCUT2D eigenvalue weighted by Crippen LogP contribution is -2.23. The first-order valence-electron chi connectivity index (χ1n) is 10.8. The van der Waals surface area contributed by atoms with Crippen molar-refractivity contribution in [3.63, 3.8) is 0 Å². The highest BCUT2D eigenvalue weighted by atomic mass is 35.5. The Morgan fingerprint density at radius 1 is 1.26 bits per heavy atom. The highest BCUT2D eigenvalue weighted by Crippen LogP contribution is 2.42. The summed E-state index contributed by atoms with van der Waals surface area (Å²) in [5.74, 6) is 1.58. The van der Waals surface area contributed by atoms with Crippen molar-refractivity contribution in [2.45, 2.75) is 39.7 Å². The number of rotatable bonds is 6. The molecule has 2 aromatic heterocycles. The number of hydrogen-bond acceptors (Lipinski definition) is 4. The zero-order chi connectivity index (χ0) is 22.0. The molecule has 1 aromatic carbocycles. The fourth-order valence-electron chi connectivity index (χ4n) is 3.81. The molecule has 0 saturated carbocycles. The Kier molecular flexibility index (Phi) is 6.33. The van der Waals surface area contributed by atoms with Gasteiger partial charge in [-0.3, -0.25) is 9.78 Å². The molecule has 0 spiro atoms. The number of pyridine rings is 2. The van der Waals surface area contributed by atoms with Gasteiger partial charge in [-0.2, -0.15) is 0 Å². The summed E-state index contributed by atoms with van der Waals surface area (Å²) in [5.41, 5.74) is 2.73. The van der Waals surface area contributed by atoms with Crippen molar-refractivity contribution in [2.24, 2.45) is 5.92 Å². The first kappa shape index (κ1) is 21.4. The Labute approximate surface area is 187 Å². The number of ether oxygens (including phenoxy) is 2. The highest BCUT2D eigenvalue weighted by molar-refractivity contribution is 6.32. The number of nitrogens with zero attached hydrogens (tertiary/aromatic N) is 2. The van der Waals surface area contributed by atoms with Crippen LogP contribution >= 0.6 is 11.6 Å². The van der Waals surface area contributed by atoms with Crippen LogP contribution in [-0.2, 0) is 0 Å². The standard InChI is InChI=1S/C25H27ClN2O3/c1-4-5-10-30-25-13-24-17(11-19(25)26)21-12-23(29)18(20-8-6-7-9-27-20)14-28(21)22(15-31-24)16(2)3/h6-9,11-14,16,22H,4-5,10,15H2,1-3H3/t22-/m0/s1. The van der Waals surface area contributed by atoms with Gasteiger partial charge in [0, 0.05) is 30.1 Å². The van der Waals surface area contributed by atoms with Crippen molar-refractivity contribution in [1.29, 1.82) is 0 Å². The number of unbranched alkanes of at least 4 members (excludes halogenated alkanes) is 1. The average Bonchev–Trinajstić information content (AvgIpc) is 2.90. The van der Waals surface area contributed by atoms with Crippen LogP contribution in [0.2, 0.25) is 5.02 Å². The lowest BCUT2D eigenvalue weighted by atomic mass is 10.0. The highest BCUT2D eigenvalue weighted by Gasteiger charge is 2.27. The summed E-state index contributed by atoms with van der Waals surface area (Å²) < 4.78 is 14.2. The van der Waals surface area contributed by atoms with E-state index < -0.39 is 0 Å². The molecule has 5 nitrogen and oxygen atoms in total. The van der Waals surface area contributed by atoms with Crippen LogP contribution in [0.15, 0.2) is 53.6 Å². The first-order chi connectivity index (χ1) is 15.0. The molecular weight excluding hydrogens is 412 g/mol. The zero-order valence-corrected chi connectivity index (χ0v) is 18.9. The molecule has 0 unspecified atom stereocenters. The van der Waals surface area contributed by atoms with E-state index in [1.807, 2.05) is 36.5 Å². The molecule has 0 radical (unpaired) electrons. The third kappa shape index (κ3) is 4.33. The van der Waals surface area contributed by atoms with Crippen LogP contribution in [0.4, 0.5) is 0 Å². The number of aromatic nitrogens is 2. The average molecular weight is 439 g/mol. The quantitative estimate of drug-likeness (QED) is 0.443. The molecular formula is C25H27ClN2O3. The number of benzene rings is 1. The van der Waals surface area contributed by atoms with Crippen LogP contribution in [0.1, 0.15) is 39.7 Å². The van der Waals surface area contributed by atoms with Crippen molar-refractivity contribution < 1.29 is 9.47 Å². The van der Waals surface area contributed by atoms with E-state index >= 15 is 0 Å². The third-order valence-corrected chi connectivity index (χ3v) is 5.92. The van der Waals surface area contributed by atoms with Gasteiger partial charge in [0.1, 0.15) is 18.1 Å². The molecule has 1 atom stereocenters. The summed E-state index contributed by atoms with van der Waals surface area (Å²) >= 11 is 6.55. The molecule has 1 aliphatic rings. The molecule has 162 valence electrons. The molecule has 0 amide bonds. The Hall–Kier alpha value is -2.79. The summed E-state index contributed by atoms with van der Waals surface area (Å²) in [7, 11) is 0. The first-order valence-corrected chi connectivity index (χ1v) is 11.1. The van der Waals surface area contributed by atoms with Gasteiger partial charge in [-0.05, 0) is 30.5 Å². The van der Waals surface area contributed by atoms with Gasteiger partial charge in [0.15, 0.2) is 5.43 Å². The topological polar surface area (TPSA) is 53.3 Å². The van der Waals surface area contributed by atoms with Crippen molar-refractivity contribution in [3.8, 4) is 34.0 Å². The fraction of sp³-hybridized carbons (Fsp3) is 0.360. The van der Waals surface area contributed by atoms with Crippen LogP contribution < -0.4 is 14.9 Å². The summed E-state index contributed by atoms with van der Waals surface area (Å²) in [6, 6.07) is 11.0. The predicted molar refractivity (Wildman–Crippen MR) is 124 cm³/mol. The van der Waals surface area contributed by atoms with Crippen LogP contribution in [0, 0.1) is 5.92 Å². The molecule has 0 fully saturated rings. The van der Waals surface area contributed by atoms with Gasteiger partial charge < -0.3 is 14.0 Å². The monoisotopic (exact) mass is 438 g/mol. The van der Waals surface area contributed by atoms with Crippen molar-refractivity contribution in [2.75, 3.05) is 13.2 Å². The maximum Gasteiger partial charge on any atom is 0.191 e. The summed E-state index contributed by atoms with van der Waals surface area (Å²) in [5, 5.41) is 0.509. The molecule has 4 rings (SSSR count). The molecule has 0 aliphatic carbocycles. The summed E-state index contributed by atoms with van der Waals surface area (Å²) in [4.78, 5) is 17.4. The number of halogens is 1. The zero-order valence-electron chi connectivity index (χ0n) is 18.1. The van der Waals surface area contributed by atoms with Gasteiger partial charge >= 0.3 is 0 Å². The maximum absolute atomic E-state index is 13.1. The SMILES string of the molecule is CCCCOc1cc2c(cc1Cl)-c1cc(=O)c(-c3ccccn3)cn1[C@H](C(C)C)CO2. The van der Waals surface area contributed by atoms with E-state index in [4.69, 9.17) is 21.1 Å². The fourth-order valence-corrected chi connectivity index (χ4v) is 4.03. The predicted octanol–water partition coefficient (Wildman–Crippen LogP) is 6.00. The second kappa shape index (κ2) is 9.15. The summed E-state index contributed by atoms with van der Waals surface area (Å²) in [6.45, 7) is 7.51. The van der Waals surface area contributed by atoms with Crippen molar-refractivity contribution >= 4 is 11.6 Å². The molecule has 6 heteroatoms. The lowest BCUT2D eigenvalue weighted by molar-refractivity contribution is 0.219. The lowest BCUT2D eigenvalue weighted by Gasteiger charge is -2.24. The minimum absolute atomic E-state index is 0.0497. The van der Waals surface area contributed by atoms with Crippen LogP contribution in [0.3, 0.4) is 0 Å². The molecule has 0 N–H and O–H groups in total. The van der Waals surface area contributed by atoms with Crippen LogP contribution in [0.5, 0.6) is 11.5 Å². The third-order valence-electron chi connectivity index (χ3n) is 5.62. The van der Waals surface area contributed by atoms with Gasteiger partial charge in [0.05, 0.1) is 34.6 Å². The molecule has 3 aromatic rings. The normalized spacial score (nSPS) is 15.1. The molecule has 1 aliphatic heterocycles. The minimum Gasteiger partial charge on any atom is -0.492 e. The number of fused-ring (bicyclic) bond motifs is 3. The largest absolute Gasteiger partial charge is 0.492 e. The Bertz CT molecular complexity index is 1130. The van der Waals surface area contributed by atoms with E-state index in [1.54, 1.807) is 12.3 Å². The number of hydrogen-bond donors (Lipinski definition) is 0. The minimum atomic E-state index is -0.0836. The van der Waals surface area contributed by atoms with Crippen molar-refractivity contribution in [3.05, 3.63) is 64.0 Å². The van der Waals surface area contributed by atoms with Gasteiger partial charge in [-0.1, -0.05) is 44.9 Å². The van der Waals surface area contributed by atoms with Gasteiger partial charge in [-0.15, -0.1) is 0 Å². The smallest absolute Gasteiger partial charge is 0.191 e. The van der Waals surface area contributed by atoms with E-state index in [9.17, 15) is 4.79 Å². The van der Waals surface area contributed by atoms with E-state index in [2.05, 4.69) is 30.3 Å². The van der Waals surface area contributed by atoms with E-state index in [-0.39, 0.29) is 11.5 Å². The van der Waals surface area contributed by atoms with Crippen LogP contribution in [-0.4, -0.2) is 22.8 Å². The van der Waals surface area contributed by atoms with Gasteiger partial charge in [0.25, 0.3) is 0 Å². The molecule has 0 saturated heterocycles. The Balaban J connectivity index is 1.86. The second-order valence-corrected chi connectivity index (χ2v) is 8.57. The summed E-state index contributed by atoms with van der Waals surface area (Å²) in [6.07, 6.45) is 5.61. The second-order valence-electron chi connectivity index (χ2n) is 8.16. The van der Waals surface area contributed by atoms with Gasteiger partial charge in [-0.25, -0.2) is 0 Å². The molecule has 31 heavy (non-hydrogen) atoms. The Morgan fingerprint density at radius 3 is 2.81 bits per heavy atom. The molecule has 3 heterocycles. The van der Waals surface area contributed by atoms with Gasteiger partial charge in [0.2, 0.25) is 0 Å². The Morgan fingerprint density at radius 2 is 2.10 bits per heavy atom. The van der Waals surface area contributed by atoms with Crippen LogP contribution in [0.25, 0.3) is 22.5 Å². The van der Waals surface area contributed by atoms with Crippen molar-refractivity contribution in [1.82, 2.24) is 9.55 Å². The maximum atomic E-state index is 13.1. The molecule has 0 bridgehead atoms. The van der Waals surface area contributed by atoms with E-state index in [0.717, 1.165) is 24.1 Å². The van der Waals surface area contributed by atoms with E-state index in [1.165, 1.54) is 0 Å². The van der Waals surface area contributed by atoms with E-state index in [0.29, 0.717) is 46.9 Å².